The number of benzene rings is 1. The van der Waals surface area contributed by atoms with E-state index in [4.69, 9.17) is 5.73 Å². The van der Waals surface area contributed by atoms with E-state index in [2.05, 4.69) is 33.4 Å². The molecule has 112 valence electrons. The topological polar surface area (TPSA) is 55.1 Å². The summed E-state index contributed by atoms with van der Waals surface area (Å²) >= 11 is 3.41. The Morgan fingerprint density at radius 1 is 1.30 bits per heavy atom. The van der Waals surface area contributed by atoms with Gasteiger partial charge in [0.05, 0.1) is 0 Å². The Hall–Kier alpha value is -0.580. The molecule has 1 amide bonds. The number of amides is 1. The van der Waals surface area contributed by atoms with Gasteiger partial charge in [-0.2, -0.15) is 0 Å². The van der Waals surface area contributed by atoms with Crippen molar-refractivity contribution in [2.24, 2.45) is 11.7 Å². The third-order valence-electron chi connectivity index (χ3n) is 3.81. The summed E-state index contributed by atoms with van der Waals surface area (Å²) in [5.41, 5.74) is 7.21. The van der Waals surface area contributed by atoms with Gasteiger partial charge in [0, 0.05) is 23.5 Å². The van der Waals surface area contributed by atoms with Crippen molar-refractivity contribution in [3.63, 3.8) is 0 Å². The SMILES string of the molecule is Cl.N[C@@H]1CCC[C@H]1CC(=O)NCCc1ccc(Br)cc1. The Labute approximate surface area is 135 Å². The fourth-order valence-corrected chi connectivity index (χ4v) is 2.89. The highest BCUT2D eigenvalue weighted by Gasteiger charge is 2.25. The van der Waals surface area contributed by atoms with Crippen LogP contribution in [0.25, 0.3) is 0 Å². The Morgan fingerprint density at radius 2 is 2.00 bits per heavy atom. The Bertz CT molecular complexity index is 424. The maximum atomic E-state index is 11.8. The fraction of sp³-hybridized carbons (Fsp3) is 0.533. The van der Waals surface area contributed by atoms with E-state index in [0.717, 1.165) is 30.2 Å². The number of rotatable bonds is 5. The van der Waals surface area contributed by atoms with Gasteiger partial charge < -0.3 is 11.1 Å². The first-order valence-corrected chi connectivity index (χ1v) is 7.71. The summed E-state index contributed by atoms with van der Waals surface area (Å²) in [6.45, 7) is 0.697. The molecular weight excluding hydrogens is 340 g/mol. The largest absolute Gasteiger partial charge is 0.356 e. The first kappa shape index (κ1) is 17.5. The molecule has 0 spiro atoms. The maximum absolute atomic E-state index is 11.8. The maximum Gasteiger partial charge on any atom is 0.220 e. The second kappa shape index (κ2) is 8.65. The highest BCUT2D eigenvalue weighted by atomic mass is 79.9. The lowest BCUT2D eigenvalue weighted by atomic mass is 10.00. The van der Waals surface area contributed by atoms with Gasteiger partial charge in [-0.25, -0.2) is 0 Å². The summed E-state index contributed by atoms with van der Waals surface area (Å²) in [6, 6.07) is 8.41. The van der Waals surface area contributed by atoms with Crippen molar-refractivity contribution in [3.8, 4) is 0 Å². The van der Waals surface area contributed by atoms with Gasteiger partial charge in [0.1, 0.15) is 0 Å². The van der Waals surface area contributed by atoms with Gasteiger partial charge in [-0.15, -0.1) is 12.4 Å². The molecule has 5 heteroatoms. The summed E-state index contributed by atoms with van der Waals surface area (Å²) in [5.74, 6) is 0.521. The van der Waals surface area contributed by atoms with E-state index in [9.17, 15) is 4.79 Å². The molecule has 3 nitrogen and oxygen atoms in total. The predicted octanol–water partition coefficient (Wildman–Crippen LogP) is 3.05. The van der Waals surface area contributed by atoms with Gasteiger partial charge in [-0.3, -0.25) is 4.79 Å². The Balaban J connectivity index is 0.00000200. The molecular formula is C15H22BrClN2O. The van der Waals surface area contributed by atoms with Crippen molar-refractivity contribution < 1.29 is 4.79 Å². The number of nitrogens with one attached hydrogen (secondary N) is 1. The van der Waals surface area contributed by atoms with Gasteiger partial charge in [0.15, 0.2) is 0 Å². The molecule has 0 aliphatic heterocycles. The monoisotopic (exact) mass is 360 g/mol. The summed E-state index contributed by atoms with van der Waals surface area (Å²) < 4.78 is 1.08. The Morgan fingerprint density at radius 3 is 2.60 bits per heavy atom. The van der Waals surface area contributed by atoms with Crippen LogP contribution in [-0.2, 0) is 11.2 Å². The minimum absolute atomic E-state index is 0. The van der Waals surface area contributed by atoms with Crippen LogP contribution in [0.3, 0.4) is 0 Å². The van der Waals surface area contributed by atoms with Gasteiger partial charge in [0.2, 0.25) is 5.91 Å². The van der Waals surface area contributed by atoms with Crippen molar-refractivity contribution in [3.05, 3.63) is 34.3 Å². The minimum Gasteiger partial charge on any atom is -0.356 e. The molecule has 0 unspecified atom stereocenters. The summed E-state index contributed by atoms with van der Waals surface area (Å²) in [4.78, 5) is 11.8. The molecule has 0 radical (unpaired) electrons. The molecule has 1 fully saturated rings. The lowest BCUT2D eigenvalue weighted by Gasteiger charge is -2.14. The van der Waals surface area contributed by atoms with Gasteiger partial charge in [-0.05, 0) is 42.9 Å². The van der Waals surface area contributed by atoms with Crippen LogP contribution in [-0.4, -0.2) is 18.5 Å². The second-order valence-electron chi connectivity index (χ2n) is 5.29. The van der Waals surface area contributed by atoms with Gasteiger partial charge in [0.25, 0.3) is 0 Å². The summed E-state index contributed by atoms with van der Waals surface area (Å²) in [5, 5.41) is 2.99. The number of carbonyl (C=O) groups excluding carboxylic acids is 1. The molecule has 1 aliphatic carbocycles. The third-order valence-corrected chi connectivity index (χ3v) is 4.34. The van der Waals surface area contributed by atoms with Crippen LogP contribution < -0.4 is 11.1 Å². The Kier molecular flexibility index (Phi) is 7.56. The molecule has 0 aromatic heterocycles. The average molecular weight is 362 g/mol. The van der Waals surface area contributed by atoms with Crippen LogP contribution in [0.15, 0.2) is 28.7 Å². The molecule has 1 aromatic carbocycles. The number of halogens is 2. The van der Waals surface area contributed by atoms with E-state index in [1.54, 1.807) is 0 Å². The van der Waals surface area contributed by atoms with Crippen LogP contribution in [0.2, 0.25) is 0 Å². The van der Waals surface area contributed by atoms with Crippen molar-refractivity contribution >= 4 is 34.2 Å². The van der Waals surface area contributed by atoms with Crippen molar-refractivity contribution in [2.75, 3.05) is 6.54 Å². The lowest BCUT2D eigenvalue weighted by Crippen LogP contribution is -2.32. The normalized spacial score (nSPS) is 21.3. The highest BCUT2D eigenvalue weighted by molar-refractivity contribution is 9.10. The number of hydrogen-bond acceptors (Lipinski definition) is 2. The zero-order valence-corrected chi connectivity index (χ0v) is 13.9. The lowest BCUT2D eigenvalue weighted by molar-refractivity contribution is -0.122. The molecule has 2 atom stereocenters. The first-order chi connectivity index (χ1) is 9.15. The number of nitrogens with two attached hydrogens (primary N) is 1. The van der Waals surface area contributed by atoms with Crippen LogP contribution in [0.4, 0.5) is 0 Å². The second-order valence-corrected chi connectivity index (χ2v) is 6.20. The van der Waals surface area contributed by atoms with Crippen LogP contribution >= 0.6 is 28.3 Å². The molecule has 1 saturated carbocycles. The summed E-state index contributed by atoms with van der Waals surface area (Å²) in [7, 11) is 0. The van der Waals surface area contributed by atoms with Gasteiger partial charge in [-0.1, -0.05) is 34.5 Å². The van der Waals surface area contributed by atoms with Crippen molar-refractivity contribution in [1.29, 1.82) is 0 Å². The predicted molar refractivity (Wildman–Crippen MR) is 88.0 cm³/mol. The summed E-state index contributed by atoms with van der Waals surface area (Å²) in [6.07, 6.45) is 4.79. The van der Waals surface area contributed by atoms with Crippen LogP contribution in [0.5, 0.6) is 0 Å². The number of hydrogen-bond donors (Lipinski definition) is 2. The van der Waals surface area contributed by atoms with E-state index in [1.165, 1.54) is 5.56 Å². The minimum atomic E-state index is 0. The fourth-order valence-electron chi connectivity index (χ4n) is 2.63. The van der Waals surface area contributed by atoms with E-state index in [0.29, 0.717) is 18.9 Å². The molecule has 0 bridgehead atoms. The zero-order chi connectivity index (χ0) is 13.7. The average Bonchev–Trinajstić information content (AvgIpc) is 2.78. The van der Waals surface area contributed by atoms with Crippen molar-refractivity contribution in [1.82, 2.24) is 5.32 Å². The molecule has 0 saturated heterocycles. The molecule has 1 aromatic rings. The van der Waals surface area contributed by atoms with E-state index < -0.39 is 0 Å². The molecule has 1 aliphatic rings. The first-order valence-electron chi connectivity index (χ1n) is 6.92. The van der Waals surface area contributed by atoms with Gasteiger partial charge >= 0.3 is 0 Å². The van der Waals surface area contributed by atoms with Crippen molar-refractivity contribution in [2.45, 2.75) is 38.1 Å². The molecule has 2 rings (SSSR count). The quantitative estimate of drug-likeness (QED) is 0.847. The third kappa shape index (κ3) is 5.43. The van der Waals surface area contributed by atoms with E-state index >= 15 is 0 Å². The standard InChI is InChI=1S/C15H21BrN2O.ClH/c16-13-6-4-11(5-7-13)8-9-18-15(19)10-12-2-1-3-14(12)17;/h4-7,12,14H,1-3,8-10,17H2,(H,18,19);1H/t12-,14+;/m0./s1. The zero-order valence-electron chi connectivity index (χ0n) is 11.5. The van der Waals surface area contributed by atoms with Crippen LogP contribution in [0, 0.1) is 5.92 Å². The smallest absolute Gasteiger partial charge is 0.220 e. The van der Waals surface area contributed by atoms with Crippen LogP contribution in [0.1, 0.15) is 31.2 Å². The van der Waals surface area contributed by atoms with E-state index in [1.807, 2.05) is 12.1 Å². The molecule has 20 heavy (non-hydrogen) atoms. The van der Waals surface area contributed by atoms with E-state index in [-0.39, 0.29) is 24.4 Å². The molecule has 3 N–H and O–H groups in total. The number of carbonyl (C=O) groups is 1. The molecule has 0 heterocycles. The highest BCUT2D eigenvalue weighted by Crippen LogP contribution is 2.26.